The van der Waals surface area contributed by atoms with Gasteiger partial charge in [-0.3, -0.25) is 0 Å². The summed E-state index contributed by atoms with van der Waals surface area (Å²) in [6.07, 6.45) is 1.07. The van der Waals surface area contributed by atoms with Gasteiger partial charge in [0.25, 0.3) is 10.0 Å². The van der Waals surface area contributed by atoms with Gasteiger partial charge in [-0.25, -0.2) is 8.42 Å². The van der Waals surface area contributed by atoms with E-state index in [0.29, 0.717) is 29.8 Å². The van der Waals surface area contributed by atoms with Crippen molar-refractivity contribution in [3.8, 4) is 6.07 Å². The molecule has 1 fully saturated rings. The van der Waals surface area contributed by atoms with Crippen LogP contribution in [0.15, 0.2) is 16.3 Å². The Morgan fingerprint density at radius 3 is 2.44 bits per heavy atom. The zero-order valence-electron chi connectivity index (χ0n) is 10.5. The SMILES string of the molecule is CC1CC(C)CN(S(=O)(=O)c2ccc(C#N)s2)C1. The summed E-state index contributed by atoms with van der Waals surface area (Å²) in [5.74, 6) is 0.776. The van der Waals surface area contributed by atoms with E-state index < -0.39 is 10.0 Å². The standard InChI is InChI=1S/C12H16N2O2S2/c1-9-5-10(2)8-14(7-9)18(15,16)12-4-3-11(6-13)17-12/h3-4,9-10H,5,7-8H2,1-2H3. The first kappa shape index (κ1) is 13.5. The zero-order valence-corrected chi connectivity index (χ0v) is 12.1. The lowest BCUT2D eigenvalue weighted by atomic mass is 9.94. The summed E-state index contributed by atoms with van der Waals surface area (Å²) in [6.45, 7) is 5.31. The fourth-order valence-electron chi connectivity index (χ4n) is 2.45. The summed E-state index contributed by atoms with van der Waals surface area (Å²) in [4.78, 5) is 0.437. The van der Waals surface area contributed by atoms with Crippen molar-refractivity contribution in [3.05, 3.63) is 17.0 Å². The van der Waals surface area contributed by atoms with Crippen molar-refractivity contribution < 1.29 is 8.42 Å². The van der Waals surface area contributed by atoms with E-state index in [9.17, 15) is 8.42 Å². The molecule has 0 aromatic carbocycles. The molecule has 6 heteroatoms. The van der Waals surface area contributed by atoms with Crippen LogP contribution in [0, 0.1) is 23.2 Å². The lowest BCUT2D eigenvalue weighted by Crippen LogP contribution is -2.42. The molecule has 0 amide bonds. The van der Waals surface area contributed by atoms with Crippen molar-refractivity contribution in [3.63, 3.8) is 0 Å². The molecule has 2 heterocycles. The lowest BCUT2D eigenvalue weighted by Gasteiger charge is -2.33. The Hall–Kier alpha value is -0.900. The number of rotatable bonds is 2. The quantitative estimate of drug-likeness (QED) is 0.837. The molecule has 98 valence electrons. The van der Waals surface area contributed by atoms with Crippen LogP contribution in [0.25, 0.3) is 0 Å². The lowest BCUT2D eigenvalue weighted by molar-refractivity contribution is 0.223. The molecular formula is C12H16N2O2S2. The summed E-state index contributed by atoms with van der Waals surface area (Å²) >= 11 is 1.05. The molecule has 1 aromatic heterocycles. The third-order valence-corrected chi connectivity index (χ3v) is 6.41. The Bertz CT molecular complexity index is 561. The smallest absolute Gasteiger partial charge is 0.206 e. The van der Waals surface area contributed by atoms with E-state index in [1.165, 1.54) is 6.07 Å². The molecule has 18 heavy (non-hydrogen) atoms. The van der Waals surface area contributed by atoms with E-state index in [0.717, 1.165) is 17.8 Å². The highest BCUT2D eigenvalue weighted by atomic mass is 32.2. The van der Waals surface area contributed by atoms with Gasteiger partial charge in [-0.2, -0.15) is 9.57 Å². The second-order valence-corrected chi connectivity index (χ2v) is 8.25. The third kappa shape index (κ3) is 2.58. The number of nitriles is 1. The van der Waals surface area contributed by atoms with Crippen LogP contribution in [-0.2, 0) is 10.0 Å². The minimum atomic E-state index is -3.42. The number of thiophene rings is 1. The van der Waals surface area contributed by atoms with Gasteiger partial charge >= 0.3 is 0 Å². The minimum Gasteiger partial charge on any atom is -0.206 e. The fraction of sp³-hybridized carbons (Fsp3) is 0.583. The van der Waals surface area contributed by atoms with Crippen LogP contribution in [0.5, 0.6) is 0 Å². The highest BCUT2D eigenvalue weighted by Crippen LogP contribution is 2.29. The van der Waals surface area contributed by atoms with Gasteiger partial charge in [-0.1, -0.05) is 13.8 Å². The van der Waals surface area contributed by atoms with Gasteiger partial charge in [0.15, 0.2) is 0 Å². The van der Waals surface area contributed by atoms with E-state index in [1.807, 2.05) is 6.07 Å². The molecule has 4 nitrogen and oxygen atoms in total. The van der Waals surface area contributed by atoms with Gasteiger partial charge in [0, 0.05) is 13.1 Å². The Morgan fingerprint density at radius 2 is 1.94 bits per heavy atom. The van der Waals surface area contributed by atoms with Gasteiger partial charge in [0.05, 0.1) is 0 Å². The molecule has 1 aliphatic rings. The second kappa shape index (κ2) is 5.00. The Labute approximate surface area is 112 Å². The fourth-order valence-corrected chi connectivity index (χ4v) is 5.39. The molecule has 1 saturated heterocycles. The summed E-state index contributed by atoms with van der Waals surface area (Å²) in [5, 5.41) is 8.76. The van der Waals surface area contributed by atoms with Crippen molar-refractivity contribution in [2.45, 2.75) is 24.5 Å². The second-order valence-electron chi connectivity index (χ2n) is 5.00. The van der Waals surface area contributed by atoms with Gasteiger partial charge in [-0.05, 0) is 30.4 Å². The largest absolute Gasteiger partial charge is 0.252 e. The normalized spacial score (nSPS) is 25.8. The topological polar surface area (TPSA) is 61.2 Å². The number of piperidine rings is 1. The average molecular weight is 284 g/mol. The van der Waals surface area contributed by atoms with Crippen LogP contribution in [0.1, 0.15) is 25.1 Å². The maximum atomic E-state index is 12.4. The highest BCUT2D eigenvalue weighted by molar-refractivity contribution is 7.91. The maximum absolute atomic E-state index is 12.4. The first-order chi connectivity index (χ1) is 8.43. The molecule has 0 N–H and O–H groups in total. The molecule has 0 aliphatic carbocycles. The van der Waals surface area contributed by atoms with E-state index in [2.05, 4.69) is 13.8 Å². The first-order valence-electron chi connectivity index (χ1n) is 5.93. The molecule has 0 spiro atoms. The van der Waals surface area contributed by atoms with Crippen molar-refractivity contribution in [2.24, 2.45) is 11.8 Å². The molecule has 2 atom stereocenters. The van der Waals surface area contributed by atoms with Crippen LogP contribution in [0.2, 0.25) is 0 Å². The van der Waals surface area contributed by atoms with Crippen molar-refractivity contribution >= 4 is 21.4 Å². The van der Waals surface area contributed by atoms with E-state index in [4.69, 9.17) is 5.26 Å². The molecule has 1 aliphatic heterocycles. The maximum Gasteiger partial charge on any atom is 0.252 e. The van der Waals surface area contributed by atoms with Crippen LogP contribution in [-0.4, -0.2) is 25.8 Å². The molecule has 2 rings (SSSR count). The Morgan fingerprint density at radius 1 is 1.33 bits per heavy atom. The van der Waals surface area contributed by atoms with Gasteiger partial charge in [0.2, 0.25) is 0 Å². The van der Waals surface area contributed by atoms with Crippen LogP contribution < -0.4 is 0 Å². The minimum absolute atomic E-state index is 0.278. The zero-order chi connectivity index (χ0) is 13.3. The summed E-state index contributed by atoms with van der Waals surface area (Å²) in [7, 11) is -3.42. The molecule has 0 radical (unpaired) electrons. The average Bonchev–Trinajstić information content (AvgIpc) is 2.76. The third-order valence-electron chi connectivity index (χ3n) is 3.12. The number of nitrogens with zero attached hydrogens (tertiary/aromatic N) is 2. The summed E-state index contributed by atoms with van der Waals surface area (Å²) < 4.78 is 26.7. The molecular weight excluding hydrogens is 268 g/mol. The summed E-state index contributed by atoms with van der Waals surface area (Å²) in [6, 6.07) is 5.07. The Balaban J connectivity index is 2.28. The first-order valence-corrected chi connectivity index (χ1v) is 8.19. The number of hydrogen-bond donors (Lipinski definition) is 0. The predicted molar refractivity (Wildman–Crippen MR) is 70.7 cm³/mol. The number of hydrogen-bond acceptors (Lipinski definition) is 4. The van der Waals surface area contributed by atoms with E-state index in [-0.39, 0.29) is 4.21 Å². The van der Waals surface area contributed by atoms with Crippen LogP contribution in [0.3, 0.4) is 0 Å². The summed E-state index contributed by atoms with van der Waals surface area (Å²) in [5.41, 5.74) is 0. The highest BCUT2D eigenvalue weighted by Gasteiger charge is 2.32. The van der Waals surface area contributed by atoms with E-state index in [1.54, 1.807) is 10.4 Å². The van der Waals surface area contributed by atoms with Crippen molar-refractivity contribution in [2.75, 3.05) is 13.1 Å². The van der Waals surface area contributed by atoms with Gasteiger partial charge in [-0.15, -0.1) is 11.3 Å². The molecule has 1 aromatic rings. The van der Waals surface area contributed by atoms with Gasteiger partial charge in [0.1, 0.15) is 15.2 Å². The van der Waals surface area contributed by atoms with Crippen molar-refractivity contribution in [1.82, 2.24) is 4.31 Å². The van der Waals surface area contributed by atoms with Gasteiger partial charge < -0.3 is 0 Å². The molecule has 0 bridgehead atoms. The van der Waals surface area contributed by atoms with Crippen LogP contribution in [0.4, 0.5) is 0 Å². The van der Waals surface area contributed by atoms with E-state index >= 15 is 0 Å². The molecule has 0 saturated carbocycles. The van der Waals surface area contributed by atoms with Crippen LogP contribution >= 0.6 is 11.3 Å². The monoisotopic (exact) mass is 284 g/mol. The predicted octanol–water partition coefficient (Wildman–Crippen LogP) is 2.29. The number of sulfonamides is 1. The Kier molecular flexibility index (Phi) is 3.76. The molecule has 2 unspecified atom stereocenters. The van der Waals surface area contributed by atoms with Crippen molar-refractivity contribution in [1.29, 1.82) is 5.26 Å².